The van der Waals surface area contributed by atoms with Gasteiger partial charge in [-0.05, 0) is 41.4 Å². The van der Waals surface area contributed by atoms with Crippen LogP contribution in [0.4, 0.5) is 0 Å². The second-order valence-electron chi connectivity index (χ2n) is 5.74. The van der Waals surface area contributed by atoms with Gasteiger partial charge in [0.2, 0.25) is 0 Å². The van der Waals surface area contributed by atoms with Crippen LogP contribution in [0.25, 0.3) is 0 Å². The maximum Gasteiger partial charge on any atom is 0.139 e. The third kappa shape index (κ3) is 7.43. The molecule has 0 aliphatic rings. The van der Waals surface area contributed by atoms with E-state index in [9.17, 15) is 0 Å². The van der Waals surface area contributed by atoms with Gasteiger partial charge < -0.3 is 14.2 Å². The highest BCUT2D eigenvalue weighted by atomic mass is 79.9. The monoisotopic (exact) mass is 393 g/mol. The van der Waals surface area contributed by atoms with Crippen molar-refractivity contribution < 1.29 is 14.2 Å². The van der Waals surface area contributed by atoms with E-state index in [0.717, 1.165) is 16.6 Å². The Kier molecular flexibility index (Phi) is 8.22. The van der Waals surface area contributed by atoms with E-state index in [-0.39, 0.29) is 12.2 Å². The topological polar surface area (TPSA) is 40.6 Å². The van der Waals surface area contributed by atoms with Gasteiger partial charge in [0.25, 0.3) is 0 Å². The predicted octanol–water partition coefficient (Wildman–Crippen LogP) is 4.62. The maximum absolute atomic E-state index is 5.80. The summed E-state index contributed by atoms with van der Waals surface area (Å²) in [5, 5.41) is 0. The average Bonchev–Trinajstić information content (AvgIpc) is 2.58. The molecule has 0 radical (unpaired) electrons. The molecule has 1 heterocycles. The first-order valence-electron chi connectivity index (χ1n) is 8.14. The van der Waals surface area contributed by atoms with Gasteiger partial charge in [0.1, 0.15) is 5.75 Å². The van der Waals surface area contributed by atoms with Gasteiger partial charge in [-0.25, -0.2) is 0 Å². The molecular weight excluding hydrogens is 370 g/mol. The van der Waals surface area contributed by atoms with Crippen molar-refractivity contribution in [1.29, 1.82) is 0 Å². The Balaban J connectivity index is 1.56. The number of nitrogens with zero attached hydrogens (tertiary/aromatic N) is 1. The van der Waals surface area contributed by atoms with Crippen molar-refractivity contribution in [2.45, 2.75) is 39.1 Å². The van der Waals surface area contributed by atoms with E-state index < -0.39 is 0 Å². The second-order valence-corrected chi connectivity index (χ2v) is 6.65. The van der Waals surface area contributed by atoms with Crippen LogP contribution in [0.1, 0.15) is 25.8 Å². The molecule has 2 aromatic rings. The van der Waals surface area contributed by atoms with Crippen molar-refractivity contribution in [3.05, 3.63) is 58.8 Å². The van der Waals surface area contributed by atoms with Crippen LogP contribution < -0.4 is 4.74 Å². The van der Waals surface area contributed by atoms with E-state index in [0.29, 0.717) is 19.8 Å². The van der Waals surface area contributed by atoms with Gasteiger partial charge in [0, 0.05) is 17.1 Å². The molecule has 0 fully saturated rings. The molecule has 1 aromatic heterocycles. The van der Waals surface area contributed by atoms with Crippen molar-refractivity contribution in [1.82, 2.24) is 4.98 Å². The zero-order valence-corrected chi connectivity index (χ0v) is 15.7. The van der Waals surface area contributed by atoms with Gasteiger partial charge in [-0.2, -0.15) is 0 Å². The summed E-state index contributed by atoms with van der Waals surface area (Å²) in [6.45, 7) is 5.88. The molecule has 0 saturated heterocycles. The molecule has 0 bridgehead atoms. The van der Waals surface area contributed by atoms with Gasteiger partial charge in [0.15, 0.2) is 0 Å². The molecule has 0 N–H and O–H groups in total. The molecule has 0 saturated carbocycles. The van der Waals surface area contributed by atoms with E-state index in [1.54, 1.807) is 12.4 Å². The van der Waals surface area contributed by atoms with E-state index in [1.807, 2.05) is 38.1 Å². The fourth-order valence-corrected chi connectivity index (χ4v) is 2.45. The fraction of sp³-hybridized carbons (Fsp3) is 0.421. The lowest BCUT2D eigenvalue weighted by Gasteiger charge is -2.16. The number of benzene rings is 1. The Morgan fingerprint density at radius 1 is 1.08 bits per heavy atom. The quantitative estimate of drug-likeness (QED) is 0.552. The minimum absolute atomic E-state index is 0.0655. The summed E-state index contributed by atoms with van der Waals surface area (Å²) in [6.07, 6.45) is 4.40. The number of hydrogen-bond acceptors (Lipinski definition) is 4. The molecule has 2 rings (SSSR count). The summed E-state index contributed by atoms with van der Waals surface area (Å²) < 4.78 is 18.2. The van der Waals surface area contributed by atoms with Crippen LogP contribution in [0, 0.1) is 0 Å². The standard InChI is InChI=1S/C19H24BrNO3/c1-15(24-19-10-18(20)11-21-12-19)8-9-22-13-16(2)23-14-17-6-4-3-5-7-17/h3-7,10-12,15-16H,8-9,13-14H2,1-2H3/t15-,16-/m0/s1. The number of hydrogen-bond donors (Lipinski definition) is 0. The molecule has 0 spiro atoms. The predicted molar refractivity (Wildman–Crippen MR) is 98.2 cm³/mol. The van der Waals surface area contributed by atoms with Crippen LogP contribution in [0.5, 0.6) is 5.75 Å². The first kappa shape index (κ1) is 18.9. The summed E-state index contributed by atoms with van der Waals surface area (Å²) in [5.41, 5.74) is 1.18. The second kappa shape index (κ2) is 10.4. The third-order valence-electron chi connectivity index (χ3n) is 3.42. The molecule has 130 valence electrons. The minimum Gasteiger partial charge on any atom is -0.489 e. The molecule has 2 atom stereocenters. The lowest BCUT2D eigenvalue weighted by atomic mass is 10.2. The van der Waals surface area contributed by atoms with Gasteiger partial charge in [-0.15, -0.1) is 0 Å². The Morgan fingerprint density at radius 2 is 1.88 bits per heavy atom. The highest BCUT2D eigenvalue weighted by Gasteiger charge is 2.07. The lowest BCUT2D eigenvalue weighted by Crippen LogP contribution is -2.19. The van der Waals surface area contributed by atoms with Crippen LogP contribution in [0.2, 0.25) is 0 Å². The van der Waals surface area contributed by atoms with E-state index >= 15 is 0 Å². The van der Waals surface area contributed by atoms with Crippen LogP contribution in [0.3, 0.4) is 0 Å². The largest absolute Gasteiger partial charge is 0.489 e. The van der Waals surface area contributed by atoms with Gasteiger partial charge >= 0.3 is 0 Å². The van der Waals surface area contributed by atoms with Crippen molar-refractivity contribution in [3.8, 4) is 5.75 Å². The number of halogens is 1. The van der Waals surface area contributed by atoms with E-state index in [4.69, 9.17) is 14.2 Å². The first-order valence-corrected chi connectivity index (χ1v) is 8.93. The summed E-state index contributed by atoms with van der Waals surface area (Å²) in [6, 6.07) is 12.1. The molecule has 4 nitrogen and oxygen atoms in total. The van der Waals surface area contributed by atoms with Crippen LogP contribution in [0.15, 0.2) is 53.3 Å². The zero-order chi connectivity index (χ0) is 17.2. The lowest BCUT2D eigenvalue weighted by molar-refractivity contribution is -0.0193. The smallest absolute Gasteiger partial charge is 0.139 e. The van der Waals surface area contributed by atoms with Gasteiger partial charge in [0.05, 0.1) is 38.2 Å². The highest BCUT2D eigenvalue weighted by Crippen LogP contribution is 2.17. The normalized spacial score (nSPS) is 13.5. The van der Waals surface area contributed by atoms with Crippen molar-refractivity contribution >= 4 is 15.9 Å². The number of aromatic nitrogens is 1. The van der Waals surface area contributed by atoms with Crippen LogP contribution >= 0.6 is 15.9 Å². The zero-order valence-electron chi connectivity index (χ0n) is 14.2. The molecule has 0 unspecified atom stereocenters. The molecule has 0 aliphatic heterocycles. The number of rotatable bonds is 10. The summed E-state index contributed by atoms with van der Waals surface area (Å²) in [7, 11) is 0. The fourth-order valence-electron chi connectivity index (χ4n) is 2.11. The summed E-state index contributed by atoms with van der Waals surface area (Å²) in [5.74, 6) is 0.761. The molecule has 24 heavy (non-hydrogen) atoms. The van der Waals surface area contributed by atoms with Gasteiger partial charge in [-0.3, -0.25) is 4.98 Å². The summed E-state index contributed by atoms with van der Waals surface area (Å²) >= 11 is 3.38. The van der Waals surface area contributed by atoms with E-state index in [2.05, 4.69) is 33.0 Å². The maximum atomic E-state index is 5.80. The van der Waals surface area contributed by atoms with Crippen molar-refractivity contribution in [3.63, 3.8) is 0 Å². The molecular formula is C19H24BrNO3. The first-order chi connectivity index (χ1) is 11.6. The van der Waals surface area contributed by atoms with Crippen LogP contribution in [-0.4, -0.2) is 30.4 Å². The number of ether oxygens (including phenoxy) is 3. The van der Waals surface area contributed by atoms with Crippen molar-refractivity contribution in [2.75, 3.05) is 13.2 Å². The van der Waals surface area contributed by atoms with E-state index in [1.165, 1.54) is 5.56 Å². The van der Waals surface area contributed by atoms with Gasteiger partial charge in [-0.1, -0.05) is 30.3 Å². The Bertz CT molecular complexity index is 594. The SMILES string of the molecule is C[C@@H](COCC[C@H](C)Oc1cncc(Br)c1)OCc1ccccc1. The average molecular weight is 394 g/mol. The highest BCUT2D eigenvalue weighted by molar-refractivity contribution is 9.10. The molecule has 0 amide bonds. The van der Waals surface area contributed by atoms with Crippen molar-refractivity contribution in [2.24, 2.45) is 0 Å². The third-order valence-corrected chi connectivity index (χ3v) is 3.85. The Morgan fingerprint density at radius 3 is 2.62 bits per heavy atom. The Labute approximate surface area is 152 Å². The minimum atomic E-state index is 0.0655. The molecule has 1 aromatic carbocycles. The molecule has 0 aliphatic carbocycles. The Hall–Kier alpha value is -1.43. The van der Waals surface area contributed by atoms with Crippen LogP contribution in [-0.2, 0) is 16.1 Å². The number of pyridine rings is 1. The summed E-state index contributed by atoms with van der Waals surface area (Å²) in [4.78, 5) is 4.08. The molecule has 5 heteroatoms.